The van der Waals surface area contributed by atoms with Crippen LogP contribution in [0.15, 0.2) is 79.0 Å². The highest BCUT2D eigenvalue weighted by atomic mass is 35.5. The van der Waals surface area contributed by atoms with Crippen LogP contribution in [0, 0.1) is 13.8 Å². The molecule has 7 heteroatoms. The van der Waals surface area contributed by atoms with Gasteiger partial charge in [0.15, 0.2) is 5.11 Å². The van der Waals surface area contributed by atoms with Crippen LogP contribution in [-0.2, 0) is 0 Å². The van der Waals surface area contributed by atoms with Crippen molar-refractivity contribution in [3.8, 4) is 5.69 Å². The summed E-state index contributed by atoms with van der Waals surface area (Å²) in [6, 6.07) is 24.6. The van der Waals surface area contributed by atoms with Gasteiger partial charge in [-0.2, -0.15) is 0 Å². The molecule has 2 aromatic heterocycles. The van der Waals surface area contributed by atoms with Crippen molar-refractivity contribution in [1.82, 2.24) is 14.9 Å². The van der Waals surface area contributed by atoms with Crippen LogP contribution in [0.4, 0.5) is 11.4 Å². The van der Waals surface area contributed by atoms with Gasteiger partial charge in [0, 0.05) is 53.8 Å². The maximum Gasteiger partial charge on any atom is 0.174 e. The molecule has 0 spiro atoms. The van der Waals surface area contributed by atoms with Gasteiger partial charge in [-0.25, -0.2) is 0 Å². The van der Waals surface area contributed by atoms with Crippen molar-refractivity contribution in [3.63, 3.8) is 0 Å². The summed E-state index contributed by atoms with van der Waals surface area (Å²) in [7, 11) is 4.09. The van der Waals surface area contributed by atoms with Crippen molar-refractivity contribution in [2.75, 3.05) is 23.9 Å². The molecular weight excluding hydrogens is 474 g/mol. The average Bonchev–Trinajstić information content (AvgIpc) is 3.35. The van der Waals surface area contributed by atoms with Crippen molar-refractivity contribution >= 4 is 40.3 Å². The van der Waals surface area contributed by atoms with E-state index in [1.54, 1.807) is 0 Å². The van der Waals surface area contributed by atoms with Gasteiger partial charge in [0.05, 0.1) is 17.8 Å². The molecule has 1 aliphatic rings. The van der Waals surface area contributed by atoms with Gasteiger partial charge in [0.25, 0.3) is 0 Å². The number of hydrogen-bond acceptors (Lipinski definition) is 3. The number of nitrogens with zero attached hydrogens (tertiary/aromatic N) is 4. The molecule has 1 N–H and O–H groups in total. The lowest BCUT2D eigenvalue weighted by atomic mass is 9.96. The molecule has 2 aromatic carbocycles. The summed E-state index contributed by atoms with van der Waals surface area (Å²) in [4.78, 5) is 9.01. The van der Waals surface area contributed by atoms with Crippen LogP contribution in [-0.4, -0.2) is 28.8 Å². The zero-order valence-electron chi connectivity index (χ0n) is 20.2. The Hall–Kier alpha value is -3.35. The molecule has 1 fully saturated rings. The number of nitrogens with one attached hydrogen (secondary N) is 1. The van der Waals surface area contributed by atoms with Crippen molar-refractivity contribution in [3.05, 3.63) is 107 Å². The van der Waals surface area contributed by atoms with E-state index in [-0.39, 0.29) is 12.1 Å². The van der Waals surface area contributed by atoms with E-state index in [0.29, 0.717) is 5.11 Å². The van der Waals surface area contributed by atoms with Crippen molar-refractivity contribution in [2.45, 2.75) is 25.9 Å². The van der Waals surface area contributed by atoms with Crippen LogP contribution in [0.25, 0.3) is 5.69 Å². The first-order chi connectivity index (χ1) is 16.8. The van der Waals surface area contributed by atoms with Crippen LogP contribution < -0.4 is 15.1 Å². The van der Waals surface area contributed by atoms with Gasteiger partial charge in [-0.3, -0.25) is 4.98 Å². The third-order valence-electron chi connectivity index (χ3n) is 6.62. The fraction of sp³-hybridized carbons (Fsp3) is 0.214. The molecular formula is C28H28ClN5S. The standard InChI is InChI=1S/C28H28ClN5S/c1-18-17-24(19(2)33(18)22-10-8-20(29)9-11-22)27-26(25-7-5-6-16-30-25)31-28(35)34(27)23-14-12-21(13-15-23)32(3)4/h5-17,26-27H,1-4H3,(H,31,35). The summed E-state index contributed by atoms with van der Waals surface area (Å²) >= 11 is 12.1. The number of rotatable bonds is 5. The Bertz CT molecular complexity index is 1350. The Balaban J connectivity index is 1.65. The van der Waals surface area contributed by atoms with E-state index in [2.05, 4.69) is 87.0 Å². The van der Waals surface area contributed by atoms with Gasteiger partial charge in [0.2, 0.25) is 0 Å². The molecule has 5 rings (SSSR count). The van der Waals surface area contributed by atoms with Gasteiger partial charge in [0.1, 0.15) is 0 Å². The first kappa shape index (κ1) is 23.4. The summed E-state index contributed by atoms with van der Waals surface area (Å²) in [5, 5.41) is 4.99. The molecule has 178 valence electrons. The minimum absolute atomic E-state index is 0.0603. The van der Waals surface area contributed by atoms with Crippen LogP contribution in [0.1, 0.15) is 34.7 Å². The number of thiocarbonyl (C=S) groups is 1. The van der Waals surface area contributed by atoms with E-state index in [1.165, 1.54) is 5.56 Å². The minimum atomic E-state index is -0.0867. The fourth-order valence-electron chi connectivity index (χ4n) is 4.93. The number of anilines is 2. The first-order valence-electron chi connectivity index (χ1n) is 11.6. The average molecular weight is 502 g/mol. The third-order valence-corrected chi connectivity index (χ3v) is 7.18. The van der Waals surface area contributed by atoms with Gasteiger partial charge >= 0.3 is 0 Å². The normalized spacial score (nSPS) is 17.5. The highest BCUT2D eigenvalue weighted by Gasteiger charge is 2.42. The first-order valence-corrected chi connectivity index (χ1v) is 12.4. The fourth-order valence-corrected chi connectivity index (χ4v) is 5.41. The van der Waals surface area contributed by atoms with Crippen molar-refractivity contribution in [2.24, 2.45) is 0 Å². The number of aryl methyl sites for hydroxylation is 1. The third kappa shape index (κ3) is 4.28. The predicted molar refractivity (Wildman–Crippen MR) is 149 cm³/mol. The van der Waals surface area contributed by atoms with Crippen molar-refractivity contribution < 1.29 is 0 Å². The summed E-state index contributed by atoms with van der Waals surface area (Å²) in [6.45, 7) is 4.30. The molecule has 1 aliphatic heterocycles. The summed E-state index contributed by atoms with van der Waals surface area (Å²) < 4.78 is 2.27. The van der Waals surface area contributed by atoms with Gasteiger partial charge in [-0.1, -0.05) is 17.7 Å². The molecule has 1 saturated heterocycles. The molecule has 0 radical (unpaired) electrons. The molecule has 0 saturated carbocycles. The Labute approximate surface area is 217 Å². The quantitative estimate of drug-likeness (QED) is 0.321. The SMILES string of the molecule is Cc1cc(C2C(c3ccccn3)NC(=S)N2c2ccc(N(C)C)cc2)c(C)n1-c1ccc(Cl)cc1. The van der Waals surface area contributed by atoms with Crippen LogP contribution in [0.2, 0.25) is 5.02 Å². The topological polar surface area (TPSA) is 36.3 Å². The number of benzene rings is 2. The molecule has 0 bridgehead atoms. The molecule has 2 unspecified atom stereocenters. The van der Waals surface area contributed by atoms with Gasteiger partial charge in [-0.05, 0) is 98.4 Å². The smallest absolute Gasteiger partial charge is 0.174 e. The Morgan fingerprint density at radius 1 is 0.943 bits per heavy atom. The lowest BCUT2D eigenvalue weighted by Crippen LogP contribution is -2.29. The maximum absolute atomic E-state index is 6.16. The molecule has 0 amide bonds. The number of aromatic nitrogens is 2. The monoisotopic (exact) mass is 501 g/mol. The number of hydrogen-bond donors (Lipinski definition) is 1. The predicted octanol–water partition coefficient (Wildman–Crippen LogP) is 6.39. The van der Waals surface area contributed by atoms with E-state index in [9.17, 15) is 0 Å². The second-order valence-corrected chi connectivity index (χ2v) is 9.87. The molecule has 4 aromatic rings. The number of pyridine rings is 1. The van der Waals surface area contributed by atoms with Gasteiger partial charge in [-0.15, -0.1) is 0 Å². The Kier molecular flexibility index (Phi) is 6.26. The zero-order chi connectivity index (χ0) is 24.7. The van der Waals surface area contributed by atoms with Crippen molar-refractivity contribution in [1.29, 1.82) is 0 Å². The minimum Gasteiger partial charge on any atom is -0.378 e. The molecule has 3 heterocycles. The summed E-state index contributed by atoms with van der Waals surface area (Å²) in [5.74, 6) is 0. The van der Waals surface area contributed by atoms with E-state index in [4.69, 9.17) is 23.8 Å². The molecule has 2 atom stereocenters. The second-order valence-electron chi connectivity index (χ2n) is 9.05. The van der Waals surface area contributed by atoms with E-state index >= 15 is 0 Å². The van der Waals surface area contributed by atoms with Crippen LogP contribution in [0.5, 0.6) is 0 Å². The van der Waals surface area contributed by atoms with Crippen LogP contribution in [0.3, 0.4) is 0 Å². The van der Waals surface area contributed by atoms with E-state index in [0.717, 1.165) is 39.2 Å². The lowest BCUT2D eigenvalue weighted by molar-refractivity contribution is 0.565. The molecule has 35 heavy (non-hydrogen) atoms. The second kappa shape index (κ2) is 9.36. The largest absolute Gasteiger partial charge is 0.378 e. The van der Waals surface area contributed by atoms with Crippen LogP contribution >= 0.6 is 23.8 Å². The highest BCUT2D eigenvalue weighted by molar-refractivity contribution is 7.80. The Morgan fingerprint density at radius 2 is 1.63 bits per heavy atom. The highest BCUT2D eigenvalue weighted by Crippen LogP contribution is 2.44. The summed E-state index contributed by atoms with van der Waals surface area (Å²) in [6.07, 6.45) is 1.84. The number of halogens is 1. The Morgan fingerprint density at radius 3 is 2.26 bits per heavy atom. The summed E-state index contributed by atoms with van der Waals surface area (Å²) in [5.41, 5.74) is 7.76. The molecule has 0 aliphatic carbocycles. The van der Waals surface area contributed by atoms with E-state index < -0.39 is 0 Å². The van der Waals surface area contributed by atoms with E-state index in [1.807, 2.05) is 44.6 Å². The zero-order valence-corrected chi connectivity index (χ0v) is 21.8. The maximum atomic E-state index is 6.16. The van der Waals surface area contributed by atoms with Gasteiger partial charge < -0.3 is 19.7 Å². The lowest BCUT2D eigenvalue weighted by Gasteiger charge is -2.28. The molecule has 5 nitrogen and oxygen atoms in total.